The number of nitrogens with one attached hydrogen (secondary N) is 1. The molecule has 100 valence electrons. The quantitative estimate of drug-likeness (QED) is 0.321. The minimum Gasteiger partial charge on any atom is -0.459 e. The van der Waals surface area contributed by atoms with Gasteiger partial charge in [-0.25, -0.2) is 4.79 Å². The van der Waals surface area contributed by atoms with Crippen molar-refractivity contribution in [1.29, 1.82) is 0 Å². The Bertz CT molecular complexity index is 256. The number of hydrogen-bond donors (Lipinski definition) is 1. The molecule has 0 rings (SSSR count). The number of amides is 1. The summed E-state index contributed by atoms with van der Waals surface area (Å²) in [7, 11) is 0.398. The molecule has 0 aliphatic rings. The molecular weight excluding hydrogens is 238 g/mol. The Morgan fingerprint density at radius 2 is 1.94 bits per heavy atom. The van der Waals surface area contributed by atoms with Gasteiger partial charge in [-0.2, -0.15) is 0 Å². The van der Waals surface area contributed by atoms with Crippen LogP contribution in [0.5, 0.6) is 0 Å². The number of carbonyl (C=O) groups is 2. The second kappa shape index (κ2) is 8.24. The summed E-state index contributed by atoms with van der Waals surface area (Å²) in [6.45, 7) is 6.88. The zero-order chi connectivity index (χ0) is 13.3. The number of rotatable bonds is 7. The lowest BCUT2D eigenvalue weighted by atomic mass is 10.4. The first kappa shape index (κ1) is 16.1. The smallest absolute Gasteiger partial charge is 0.396 e. The van der Waals surface area contributed by atoms with Gasteiger partial charge in [0, 0.05) is 19.9 Å². The molecule has 0 radical (unpaired) electrons. The van der Waals surface area contributed by atoms with Crippen LogP contribution in [0.25, 0.3) is 0 Å². The van der Waals surface area contributed by atoms with E-state index in [1.54, 1.807) is 14.0 Å². The molecule has 0 fully saturated rings. The van der Waals surface area contributed by atoms with Gasteiger partial charge >= 0.3 is 11.9 Å². The highest BCUT2D eigenvalue weighted by Crippen LogP contribution is 2.11. The minimum atomic E-state index is -1.31. The van der Waals surface area contributed by atoms with E-state index in [9.17, 15) is 9.59 Å². The Morgan fingerprint density at radius 1 is 1.29 bits per heavy atom. The van der Waals surface area contributed by atoms with Crippen molar-refractivity contribution < 1.29 is 19.1 Å². The molecule has 5 nitrogen and oxygen atoms in total. The Kier molecular flexibility index (Phi) is 7.82. The van der Waals surface area contributed by atoms with Crippen molar-refractivity contribution in [2.75, 3.05) is 26.5 Å². The third-order valence-corrected chi connectivity index (χ3v) is 5.09. The molecule has 0 spiro atoms. The first-order valence-electron chi connectivity index (χ1n) is 5.87. The lowest BCUT2D eigenvalue weighted by molar-refractivity contribution is -0.154. The van der Waals surface area contributed by atoms with Gasteiger partial charge in [0.15, 0.2) is 0 Å². The van der Waals surface area contributed by atoms with Gasteiger partial charge in [0.05, 0.1) is 14.7 Å². The van der Waals surface area contributed by atoms with Crippen molar-refractivity contribution >= 4 is 20.0 Å². The molecule has 0 aliphatic carbocycles. The maximum Gasteiger partial charge on any atom is 0.396 e. The van der Waals surface area contributed by atoms with Gasteiger partial charge in [0.25, 0.3) is 0 Å². The largest absolute Gasteiger partial charge is 0.459 e. The molecule has 0 heterocycles. The van der Waals surface area contributed by atoms with E-state index in [1.807, 2.05) is 0 Å². The van der Waals surface area contributed by atoms with Gasteiger partial charge < -0.3 is 14.8 Å². The molecular formula is C11H23NO4Si. The Hall–Kier alpha value is -0.883. The number of ether oxygens (including phenoxy) is 2. The lowest BCUT2D eigenvalue weighted by Gasteiger charge is -2.20. The van der Waals surface area contributed by atoms with Crippen molar-refractivity contribution in [2.24, 2.45) is 0 Å². The van der Waals surface area contributed by atoms with Crippen LogP contribution in [0.15, 0.2) is 0 Å². The summed E-state index contributed by atoms with van der Waals surface area (Å²) in [6, 6.07) is 1.06. The molecule has 0 aromatic carbocycles. The lowest BCUT2D eigenvalue weighted by Crippen LogP contribution is -2.36. The van der Waals surface area contributed by atoms with Gasteiger partial charge in [-0.1, -0.05) is 19.1 Å². The zero-order valence-corrected chi connectivity index (χ0v) is 12.2. The number of methoxy groups -OCH3 is 1. The van der Waals surface area contributed by atoms with E-state index in [4.69, 9.17) is 4.74 Å². The van der Waals surface area contributed by atoms with Crippen LogP contribution < -0.4 is 5.32 Å². The Balaban J connectivity index is 3.71. The zero-order valence-electron chi connectivity index (χ0n) is 11.2. The van der Waals surface area contributed by atoms with E-state index in [1.165, 1.54) is 0 Å². The van der Waals surface area contributed by atoms with Gasteiger partial charge in [-0.3, -0.25) is 4.79 Å². The van der Waals surface area contributed by atoms with Gasteiger partial charge in [0.1, 0.15) is 0 Å². The highest BCUT2D eigenvalue weighted by Gasteiger charge is 2.20. The van der Waals surface area contributed by atoms with Crippen LogP contribution in [0, 0.1) is 0 Å². The van der Waals surface area contributed by atoms with Crippen LogP contribution >= 0.6 is 0 Å². The van der Waals surface area contributed by atoms with Crippen molar-refractivity contribution in [2.45, 2.75) is 32.5 Å². The summed E-state index contributed by atoms with van der Waals surface area (Å²) < 4.78 is 9.73. The Morgan fingerprint density at radius 3 is 2.47 bits per heavy atom. The maximum atomic E-state index is 11.2. The van der Waals surface area contributed by atoms with Crippen molar-refractivity contribution in [3.8, 4) is 0 Å². The van der Waals surface area contributed by atoms with E-state index < -0.39 is 20.0 Å². The van der Waals surface area contributed by atoms with Crippen LogP contribution in [0.1, 0.15) is 13.3 Å². The third kappa shape index (κ3) is 7.92. The number of carbonyl (C=O) groups excluding carboxylic acids is 2. The fourth-order valence-electron chi connectivity index (χ4n) is 1.50. The minimum absolute atomic E-state index is 0.222. The summed E-state index contributed by atoms with van der Waals surface area (Å²) in [5.41, 5.74) is 0. The number of esters is 1. The second-order valence-electron chi connectivity index (χ2n) is 4.68. The van der Waals surface area contributed by atoms with E-state index in [-0.39, 0.29) is 6.61 Å². The summed E-state index contributed by atoms with van der Waals surface area (Å²) in [4.78, 5) is 22.2. The van der Waals surface area contributed by atoms with E-state index >= 15 is 0 Å². The van der Waals surface area contributed by atoms with Crippen molar-refractivity contribution in [3.63, 3.8) is 0 Å². The fourth-order valence-corrected chi connectivity index (χ4v) is 3.56. The monoisotopic (exact) mass is 261 g/mol. The van der Waals surface area contributed by atoms with Crippen molar-refractivity contribution in [1.82, 2.24) is 5.32 Å². The third-order valence-electron chi connectivity index (χ3n) is 2.31. The number of hydrogen-bond acceptors (Lipinski definition) is 4. The first-order valence-corrected chi connectivity index (χ1v) is 9.28. The average Bonchev–Trinajstić information content (AvgIpc) is 2.24. The second-order valence-corrected chi connectivity index (χ2v) is 9.79. The highest BCUT2D eigenvalue weighted by molar-refractivity contribution is 6.77. The fraction of sp³-hybridized carbons (Fsp3) is 0.818. The van der Waals surface area contributed by atoms with Crippen LogP contribution in [-0.2, 0) is 19.1 Å². The molecule has 1 N–H and O–H groups in total. The molecule has 0 aromatic heterocycles. The predicted octanol–water partition coefficient (Wildman–Crippen LogP) is 0.950. The highest BCUT2D eigenvalue weighted by atomic mass is 28.3. The normalized spacial score (nSPS) is 11.1. The predicted molar refractivity (Wildman–Crippen MR) is 68.4 cm³/mol. The van der Waals surface area contributed by atoms with E-state index in [2.05, 4.69) is 23.1 Å². The van der Waals surface area contributed by atoms with Crippen LogP contribution in [-0.4, -0.2) is 46.4 Å². The van der Waals surface area contributed by atoms with Gasteiger partial charge in [0.2, 0.25) is 0 Å². The SMILES string of the molecule is CCOC(=O)C(=O)NCCC[Si](C)(C)COC. The summed E-state index contributed by atoms with van der Waals surface area (Å²) in [6.07, 6.45) is 1.69. The maximum absolute atomic E-state index is 11.2. The Labute approximate surface area is 104 Å². The molecule has 17 heavy (non-hydrogen) atoms. The average molecular weight is 261 g/mol. The molecule has 0 aliphatic heterocycles. The molecule has 0 saturated carbocycles. The molecule has 0 unspecified atom stereocenters. The topological polar surface area (TPSA) is 64.6 Å². The van der Waals surface area contributed by atoms with Crippen LogP contribution in [0.4, 0.5) is 0 Å². The molecule has 0 aromatic rings. The summed E-state index contributed by atoms with van der Waals surface area (Å²) >= 11 is 0. The summed E-state index contributed by atoms with van der Waals surface area (Å²) in [5.74, 6) is -1.46. The van der Waals surface area contributed by atoms with Gasteiger partial charge in [-0.15, -0.1) is 0 Å². The van der Waals surface area contributed by atoms with E-state index in [0.29, 0.717) is 6.54 Å². The standard InChI is InChI=1S/C11H23NO4Si/c1-5-16-11(14)10(13)12-7-6-8-17(3,4)9-15-2/h5-9H2,1-4H3,(H,12,13). The summed E-state index contributed by atoms with van der Waals surface area (Å²) in [5, 5.41) is 2.55. The molecule has 6 heteroatoms. The molecule has 0 saturated heterocycles. The molecule has 1 amide bonds. The van der Waals surface area contributed by atoms with Crippen LogP contribution in [0.2, 0.25) is 19.1 Å². The van der Waals surface area contributed by atoms with Crippen molar-refractivity contribution in [3.05, 3.63) is 0 Å². The van der Waals surface area contributed by atoms with E-state index in [0.717, 1.165) is 18.7 Å². The van der Waals surface area contributed by atoms with Crippen LogP contribution in [0.3, 0.4) is 0 Å². The molecule has 0 bridgehead atoms. The first-order chi connectivity index (χ1) is 7.93. The molecule has 0 atom stereocenters. The van der Waals surface area contributed by atoms with Gasteiger partial charge in [-0.05, 0) is 13.3 Å².